The SMILES string of the molecule is CN(C(=O)c1[nH]cc(S(=O)(=O)NC2(C)CC(F)(F)C2)c1Cl)c1ccnc(Br)c1. The summed E-state index contributed by atoms with van der Waals surface area (Å²) in [6.45, 7) is 1.39. The number of H-pyrrole nitrogens is 1. The molecule has 1 amide bonds. The lowest BCUT2D eigenvalue weighted by Crippen LogP contribution is -2.60. The minimum Gasteiger partial charge on any atom is -0.355 e. The molecule has 1 saturated carbocycles. The third kappa shape index (κ3) is 4.07. The van der Waals surface area contributed by atoms with Crippen LogP contribution in [0.1, 0.15) is 30.3 Å². The first-order chi connectivity index (χ1) is 12.8. The van der Waals surface area contributed by atoms with Crippen LogP contribution in [0.15, 0.2) is 34.0 Å². The molecule has 1 aliphatic rings. The Kier molecular flexibility index (Phi) is 5.32. The number of pyridine rings is 1. The summed E-state index contributed by atoms with van der Waals surface area (Å²) in [6.07, 6.45) is 1.35. The van der Waals surface area contributed by atoms with E-state index in [1.807, 2.05) is 0 Å². The van der Waals surface area contributed by atoms with E-state index in [2.05, 4.69) is 30.6 Å². The lowest BCUT2D eigenvalue weighted by atomic mass is 9.76. The second-order valence-electron chi connectivity index (χ2n) is 6.92. The number of hydrogen-bond donors (Lipinski definition) is 2. The van der Waals surface area contributed by atoms with Gasteiger partial charge in [-0.05, 0) is 35.0 Å². The number of anilines is 1. The molecule has 0 aromatic carbocycles. The van der Waals surface area contributed by atoms with Gasteiger partial charge in [0.05, 0.1) is 5.02 Å². The predicted molar refractivity (Wildman–Crippen MR) is 103 cm³/mol. The molecule has 2 heterocycles. The Balaban J connectivity index is 1.84. The zero-order valence-electron chi connectivity index (χ0n) is 14.8. The van der Waals surface area contributed by atoms with Gasteiger partial charge in [-0.15, -0.1) is 0 Å². The van der Waals surface area contributed by atoms with Gasteiger partial charge in [-0.2, -0.15) is 0 Å². The number of sulfonamides is 1. The maximum Gasteiger partial charge on any atom is 0.276 e. The summed E-state index contributed by atoms with van der Waals surface area (Å²) >= 11 is 9.35. The van der Waals surface area contributed by atoms with Crippen molar-refractivity contribution >= 4 is 49.1 Å². The van der Waals surface area contributed by atoms with Gasteiger partial charge < -0.3 is 9.88 Å². The number of amides is 1. The lowest BCUT2D eigenvalue weighted by molar-refractivity contribution is -0.121. The molecule has 28 heavy (non-hydrogen) atoms. The molecular weight excluding hydrogens is 482 g/mol. The van der Waals surface area contributed by atoms with Crippen molar-refractivity contribution < 1.29 is 22.0 Å². The van der Waals surface area contributed by atoms with Gasteiger partial charge in [0, 0.05) is 43.5 Å². The minimum absolute atomic E-state index is 0.137. The standard InChI is InChI=1S/C16H16BrClF2N4O3S/c1-15(7-16(19,20)8-15)23-28(26,27)10-6-22-13(12(10)18)14(25)24(2)9-3-4-21-11(17)5-9/h3-6,22-23H,7-8H2,1-2H3. The molecule has 12 heteroatoms. The maximum absolute atomic E-state index is 13.2. The summed E-state index contributed by atoms with van der Waals surface area (Å²) in [5, 5.41) is -0.313. The molecule has 7 nitrogen and oxygen atoms in total. The van der Waals surface area contributed by atoms with Crippen molar-refractivity contribution in [2.75, 3.05) is 11.9 Å². The number of nitrogens with one attached hydrogen (secondary N) is 2. The topological polar surface area (TPSA) is 95.2 Å². The number of halogens is 4. The summed E-state index contributed by atoms with van der Waals surface area (Å²) in [6, 6.07) is 3.20. The van der Waals surface area contributed by atoms with Gasteiger partial charge in [-0.1, -0.05) is 11.6 Å². The minimum atomic E-state index is -4.20. The largest absolute Gasteiger partial charge is 0.355 e. The van der Waals surface area contributed by atoms with E-state index in [-0.39, 0.29) is 15.6 Å². The Hall–Kier alpha value is -1.56. The zero-order chi connectivity index (χ0) is 20.9. The van der Waals surface area contributed by atoms with Gasteiger partial charge in [0.25, 0.3) is 11.8 Å². The molecule has 152 valence electrons. The van der Waals surface area contributed by atoms with E-state index in [0.717, 1.165) is 6.20 Å². The average Bonchev–Trinajstić information content (AvgIpc) is 2.93. The number of alkyl halides is 2. The van der Waals surface area contributed by atoms with Gasteiger partial charge >= 0.3 is 0 Å². The molecule has 2 aromatic heterocycles. The van der Waals surface area contributed by atoms with Crippen molar-refractivity contribution in [3.8, 4) is 0 Å². The highest BCUT2D eigenvalue weighted by Crippen LogP contribution is 2.46. The molecule has 1 fully saturated rings. The van der Waals surface area contributed by atoms with Crippen molar-refractivity contribution in [2.45, 2.75) is 36.1 Å². The third-order valence-electron chi connectivity index (χ3n) is 4.37. The van der Waals surface area contributed by atoms with Crippen molar-refractivity contribution in [3.05, 3.63) is 39.8 Å². The van der Waals surface area contributed by atoms with Crippen LogP contribution in [-0.2, 0) is 10.0 Å². The van der Waals surface area contributed by atoms with Crippen molar-refractivity contribution in [1.29, 1.82) is 0 Å². The van der Waals surface area contributed by atoms with Crippen LogP contribution in [0.5, 0.6) is 0 Å². The second kappa shape index (κ2) is 7.05. The first-order valence-electron chi connectivity index (χ1n) is 8.02. The van der Waals surface area contributed by atoms with Gasteiger partial charge in [0.1, 0.15) is 15.2 Å². The Bertz CT molecular complexity index is 1040. The quantitative estimate of drug-likeness (QED) is 0.618. The number of aromatic nitrogens is 2. The second-order valence-corrected chi connectivity index (χ2v) is 9.76. The molecular formula is C16H16BrClF2N4O3S. The van der Waals surface area contributed by atoms with E-state index in [0.29, 0.717) is 10.3 Å². The fourth-order valence-electron chi connectivity index (χ4n) is 3.17. The summed E-state index contributed by atoms with van der Waals surface area (Å²) in [5.74, 6) is -3.48. The molecule has 2 aromatic rings. The van der Waals surface area contributed by atoms with E-state index in [4.69, 9.17) is 11.6 Å². The summed E-state index contributed by atoms with van der Waals surface area (Å²) in [5.41, 5.74) is -0.904. The molecule has 0 aliphatic heterocycles. The van der Waals surface area contributed by atoms with Crippen molar-refractivity contribution in [1.82, 2.24) is 14.7 Å². The number of aromatic amines is 1. The van der Waals surface area contributed by atoms with E-state index in [9.17, 15) is 22.0 Å². The molecule has 1 aliphatic carbocycles. The number of nitrogens with zero attached hydrogens (tertiary/aromatic N) is 2. The third-order valence-corrected chi connectivity index (χ3v) is 6.97. The fraction of sp³-hybridized carbons (Fsp3) is 0.375. The molecule has 0 radical (unpaired) electrons. The normalized spacial score (nSPS) is 17.8. The molecule has 0 saturated heterocycles. The van der Waals surface area contributed by atoms with E-state index >= 15 is 0 Å². The van der Waals surface area contributed by atoms with Crippen molar-refractivity contribution in [3.63, 3.8) is 0 Å². The summed E-state index contributed by atoms with van der Waals surface area (Å²) in [4.78, 5) is 20.1. The Labute approximate surface area is 173 Å². The smallest absolute Gasteiger partial charge is 0.276 e. The number of rotatable bonds is 5. The summed E-state index contributed by atoms with van der Waals surface area (Å²) < 4.78 is 54.3. The van der Waals surface area contributed by atoms with E-state index in [1.165, 1.54) is 25.1 Å². The van der Waals surface area contributed by atoms with Crippen LogP contribution < -0.4 is 9.62 Å². The van der Waals surface area contributed by atoms with Crippen LogP contribution in [0.2, 0.25) is 5.02 Å². The highest BCUT2D eigenvalue weighted by atomic mass is 79.9. The molecule has 0 unspecified atom stereocenters. The monoisotopic (exact) mass is 496 g/mol. The highest BCUT2D eigenvalue weighted by molar-refractivity contribution is 9.10. The Morgan fingerprint density at radius 1 is 1.43 bits per heavy atom. The highest BCUT2D eigenvalue weighted by Gasteiger charge is 2.55. The number of hydrogen-bond acceptors (Lipinski definition) is 4. The van der Waals surface area contributed by atoms with Crippen LogP contribution in [0.3, 0.4) is 0 Å². The van der Waals surface area contributed by atoms with Crippen LogP contribution in [0.4, 0.5) is 14.5 Å². The molecule has 0 bridgehead atoms. The van der Waals surface area contributed by atoms with Crippen LogP contribution in [0.25, 0.3) is 0 Å². The fourth-order valence-corrected chi connectivity index (χ4v) is 5.47. The van der Waals surface area contributed by atoms with Gasteiger partial charge in [0.2, 0.25) is 10.0 Å². The molecule has 0 spiro atoms. The summed E-state index contributed by atoms with van der Waals surface area (Å²) in [7, 11) is -2.71. The Morgan fingerprint density at radius 3 is 2.64 bits per heavy atom. The molecule has 3 rings (SSSR count). The van der Waals surface area contributed by atoms with Crippen LogP contribution >= 0.6 is 27.5 Å². The van der Waals surface area contributed by atoms with E-state index < -0.39 is 40.2 Å². The van der Waals surface area contributed by atoms with Gasteiger partial charge in [-0.3, -0.25) is 4.79 Å². The molecule has 0 atom stereocenters. The lowest BCUT2D eigenvalue weighted by Gasteiger charge is -2.44. The number of carbonyl (C=O) groups excluding carboxylic acids is 1. The van der Waals surface area contributed by atoms with E-state index in [1.54, 1.807) is 12.1 Å². The van der Waals surface area contributed by atoms with Crippen LogP contribution in [0, 0.1) is 0 Å². The zero-order valence-corrected chi connectivity index (χ0v) is 17.9. The Morgan fingerprint density at radius 2 is 2.07 bits per heavy atom. The maximum atomic E-state index is 13.2. The van der Waals surface area contributed by atoms with Gasteiger partial charge in [-0.25, -0.2) is 26.9 Å². The number of carbonyl (C=O) groups is 1. The first kappa shape index (κ1) is 21.2. The van der Waals surface area contributed by atoms with Crippen molar-refractivity contribution in [2.24, 2.45) is 0 Å². The van der Waals surface area contributed by atoms with Crippen LogP contribution in [-0.4, -0.2) is 42.8 Å². The molecule has 2 N–H and O–H groups in total. The van der Waals surface area contributed by atoms with Gasteiger partial charge in [0.15, 0.2) is 0 Å². The predicted octanol–water partition coefficient (Wildman–Crippen LogP) is 3.57. The first-order valence-corrected chi connectivity index (χ1v) is 10.7. The average molecular weight is 498 g/mol.